The number of hydrogen-bond donors (Lipinski definition) is 1. The minimum absolute atomic E-state index is 0.932. The molecule has 0 aliphatic heterocycles. The van der Waals surface area contributed by atoms with Crippen LogP contribution in [-0.2, 0) is 13.0 Å². The molecule has 1 heterocycles. The Morgan fingerprint density at radius 1 is 1.05 bits per heavy atom. The molecule has 1 aromatic heterocycles. The molecular formula is C17H26N4. The molecule has 0 bridgehead atoms. The first-order chi connectivity index (χ1) is 10.1. The van der Waals surface area contributed by atoms with Crippen LogP contribution in [0.4, 0.5) is 0 Å². The highest BCUT2D eigenvalue weighted by atomic mass is 15.2. The molecule has 0 radical (unpaired) electrons. The fourth-order valence-corrected chi connectivity index (χ4v) is 2.34. The van der Waals surface area contributed by atoms with Crippen molar-refractivity contribution in [3.63, 3.8) is 0 Å². The van der Waals surface area contributed by atoms with E-state index in [0.29, 0.717) is 0 Å². The fourth-order valence-electron chi connectivity index (χ4n) is 2.34. The average Bonchev–Trinajstić information content (AvgIpc) is 2.88. The Bertz CT molecular complexity index is 519. The molecule has 1 aromatic carbocycles. The number of nitrogens with one attached hydrogen (secondary N) is 1. The van der Waals surface area contributed by atoms with Crippen molar-refractivity contribution in [3.8, 4) is 0 Å². The Balaban J connectivity index is 1.91. The van der Waals surface area contributed by atoms with Gasteiger partial charge in [-0.05, 0) is 33.0 Å². The third kappa shape index (κ3) is 5.69. The summed E-state index contributed by atoms with van der Waals surface area (Å²) in [6, 6.07) is 10.7. The van der Waals surface area contributed by atoms with E-state index in [1.54, 1.807) is 0 Å². The second-order valence-corrected chi connectivity index (χ2v) is 5.81. The molecule has 4 heteroatoms. The van der Waals surface area contributed by atoms with Crippen LogP contribution in [0.25, 0.3) is 0 Å². The van der Waals surface area contributed by atoms with Crippen LogP contribution in [-0.4, -0.2) is 53.5 Å². The van der Waals surface area contributed by atoms with Crippen molar-refractivity contribution in [2.24, 2.45) is 0 Å². The van der Waals surface area contributed by atoms with Crippen molar-refractivity contribution < 1.29 is 0 Å². The van der Waals surface area contributed by atoms with E-state index in [0.717, 1.165) is 38.4 Å². The van der Waals surface area contributed by atoms with Crippen molar-refractivity contribution in [1.82, 2.24) is 19.8 Å². The highest BCUT2D eigenvalue weighted by molar-refractivity contribution is 5.15. The molecular weight excluding hydrogens is 260 g/mol. The predicted octanol–water partition coefficient (Wildman–Crippen LogP) is 2.32. The van der Waals surface area contributed by atoms with Crippen LogP contribution in [0.3, 0.4) is 0 Å². The van der Waals surface area contributed by atoms with Crippen LogP contribution in [0.15, 0.2) is 36.5 Å². The highest BCUT2D eigenvalue weighted by Crippen LogP contribution is 2.06. The molecule has 0 fully saturated rings. The van der Waals surface area contributed by atoms with Crippen LogP contribution in [0.5, 0.6) is 0 Å². The van der Waals surface area contributed by atoms with Gasteiger partial charge in [-0.3, -0.25) is 4.90 Å². The van der Waals surface area contributed by atoms with Gasteiger partial charge in [0.25, 0.3) is 0 Å². The topological polar surface area (TPSA) is 35.2 Å². The molecule has 0 saturated heterocycles. The van der Waals surface area contributed by atoms with Crippen LogP contribution in [0, 0.1) is 6.92 Å². The average molecular weight is 286 g/mol. The number of aromatic nitrogens is 2. The number of aryl methyl sites for hydroxylation is 1. The molecule has 2 aromatic rings. The molecule has 0 spiro atoms. The Labute approximate surface area is 127 Å². The number of likely N-dealkylation sites (N-methyl/N-ethyl adjacent to an activating group) is 1. The maximum Gasteiger partial charge on any atom is 0.103 e. The summed E-state index contributed by atoms with van der Waals surface area (Å²) in [4.78, 5) is 12.3. The molecule has 0 saturated carbocycles. The first kappa shape index (κ1) is 15.7. The predicted molar refractivity (Wildman–Crippen MR) is 87.3 cm³/mol. The first-order valence-corrected chi connectivity index (χ1v) is 7.55. The van der Waals surface area contributed by atoms with Gasteiger partial charge in [-0.1, -0.05) is 30.3 Å². The fraction of sp³-hybridized carbons (Fsp3) is 0.471. The van der Waals surface area contributed by atoms with Crippen molar-refractivity contribution in [3.05, 3.63) is 53.6 Å². The van der Waals surface area contributed by atoms with Gasteiger partial charge in [0.2, 0.25) is 0 Å². The van der Waals surface area contributed by atoms with E-state index >= 15 is 0 Å². The molecule has 0 atom stereocenters. The second kappa shape index (κ2) is 7.96. The van der Waals surface area contributed by atoms with E-state index in [1.807, 2.05) is 13.1 Å². The van der Waals surface area contributed by atoms with E-state index in [2.05, 4.69) is 64.2 Å². The number of benzene rings is 1. The second-order valence-electron chi connectivity index (χ2n) is 5.81. The van der Waals surface area contributed by atoms with E-state index in [9.17, 15) is 0 Å². The number of H-pyrrole nitrogens is 1. The highest BCUT2D eigenvalue weighted by Gasteiger charge is 2.08. The number of hydrogen-bond acceptors (Lipinski definition) is 3. The maximum absolute atomic E-state index is 4.29. The van der Waals surface area contributed by atoms with Crippen molar-refractivity contribution in [2.75, 3.05) is 33.7 Å². The minimum Gasteiger partial charge on any atom is -0.345 e. The summed E-state index contributed by atoms with van der Waals surface area (Å²) < 4.78 is 0. The number of imidazole rings is 1. The summed E-state index contributed by atoms with van der Waals surface area (Å²) in [7, 11) is 4.24. The lowest BCUT2D eigenvalue weighted by Gasteiger charge is -2.23. The van der Waals surface area contributed by atoms with Crippen LogP contribution in [0.1, 0.15) is 17.1 Å². The van der Waals surface area contributed by atoms with Gasteiger partial charge in [-0.25, -0.2) is 4.98 Å². The largest absolute Gasteiger partial charge is 0.345 e. The zero-order valence-electron chi connectivity index (χ0n) is 13.3. The normalized spacial score (nSPS) is 11.5. The summed E-state index contributed by atoms with van der Waals surface area (Å²) >= 11 is 0. The molecule has 21 heavy (non-hydrogen) atoms. The van der Waals surface area contributed by atoms with Crippen molar-refractivity contribution in [2.45, 2.75) is 19.9 Å². The van der Waals surface area contributed by atoms with Gasteiger partial charge < -0.3 is 9.88 Å². The van der Waals surface area contributed by atoms with Crippen LogP contribution in [0.2, 0.25) is 0 Å². The van der Waals surface area contributed by atoms with Crippen LogP contribution < -0.4 is 0 Å². The maximum atomic E-state index is 4.29. The molecule has 114 valence electrons. The molecule has 0 amide bonds. The molecule has 0 unspecified atom stereocenters. The monoisotopic (exact) mass is 286 g/mol. The summed E-state index contributed by atoms with van der Waals surface area (Å²) in [6.07, 6.45) is 3.03. The van der Waals surface area contributed by atoms with E-state index in [1.165, 1.54) is 11.3 Å². The Hall–Kier alpha value is -1.65. The zero-order valence-corrected chi connectivity index (χ0v) is 13.3. The summed E-state index contributed by atoms with van der Waals surface area (Å²) in [6.45, 7) is 6.13. The lowest BCUT2D eigenvalue weighted by Crippen LogP contribution is -2.33. The Morgan fingerprint density at radius 2 is 1.81 bits per heavy atom. The molecule has 0 aliphatic carbocycles. The van der Waals surface area contributed by atoms with Gasteiger partial charge in [0, 0.05) is 38.1 Å². The van der Waals surface area contributed by atoms with E-state index in [4.69, 9.17) is 0 Å². The number of aromatic amines is 1. The third-order valence-electron chi connectivity index (χ3n) is 3.57. The minimum atomic E-state index is 0.932. The van der Waals surface area contributed by atoms with Gasteiger partial charge in [0.05, 0.1) is 0 Å². The third-order valence-corrected chi connectivity index (χ3v) is 3.57. The zero-order chi connectivity index (χ0) is 15.1. The van der Waals surface area contributed by atoms with Crippen molar-refractivity contribution in [1.29, 1.82) is 0 Å². The quantitative estimate of drug-likeness (QED) is 0.809. The van der Waals surface area contributed by atoms with Gasteiger partial charge in [0.15, 0.2) is 0 Å². The molecule has 4 nitrogen and oxygen atoms in total. The van der Waals surface area contributed by atoms with Crippen molar-refractivity contribution >= 4 is 0 Å². The standard InChI is InChI=1S/C17H26N4/c1-15-18-13-17(19-15)14-21(12-11-20(2)3)10-9-16-7-5-4-6-8-16/h4-8,13H,9-12,14H2,1-3H3,(H,18,19). The molecule has 1 N–H and O–H groups in total. The lowest BCUT2D eigenvalue weighted by atomic mass is 10.1. The van der Waals surface area contributed by atoms with Gasteiger partial charge in [0.1, 0.15) is 5.82 Å². The first-order valence-electron chi connectivity index (χ1n) is 7.55. The van der Waals surface area contributed by atoms with Gasteiger partial charge in [-0.2, -0.15) is 0 Å². The summed E-state index contributed by atoms with van der Waals surface area (Å²) in [5.41, 5.74) is 2.59. The Kier molecular flexibility index (Phi) is 5.96. The lowest BCUT2D eigenvalue weighted by molar-refractivity contribution is 0.234. The summed E-state index contributed by atoms with van der Waals surface area (Å²) in [5.74, 6) is 0.987. The molecule has 2 rings (SSSR count). The van der Waals surface area contributed by atoms with E-state index in [-0.39, 0.29) is 0 Å². The summed E-state index contributed by atoms with van der Waals surface area (Å²) in [5, 5.41) is 0. The van der Waals surface area contributed by atoms with Gasteiger partial charge >= 0.3 is 0 Å². The Morgan fingerprint density at radius 3 is 2.43 bits per heavy atom. The van der Waals surface area contributed by atoms with Crippen LogP contribution >= 0.6 is 0 Å². The molecule has 0 aliphatic rings. The number of nitrogens with zero attached hydrogens (tertiary/aromatic N) is 3. The SMILES string of the molecule is Cc1ncc(CN(CCc2ccccc2)CCN(C)C)[nH]1. The smallest absolute Gasteiger partial charge is 0.103 e. The van der Waals surface area contributed by atoms with E-state index < -0.39 is 0 Å². The number of rotatable bonds is 8. The van der Waals surface area contributed by atoms with Gasteiger partial charge in [-0.15, -0.1) is 0 Å².